The fourth-order valence-corrected chi connectivity index (χ4v) is 4.26. The summed E-state index contributed by atoms with van der Waals surface area (Å²) in [4.78, 5) is 14.7. The molecular weight excluding hydrogens is 386 g/mol. The van der Waals surface area contributed by atoms with Crippen molar-refractivity contribution in [3.8, 4) is 5.75 Å². The predicted octanol–water partition coefficient (Wildman–Crippen LogP) is 4.08. The van der Waals surface area contributed by atoms with Gasteiger partial charge in [0.1, 0.15) is 5.75 Å². The van der Waals surface area contributed by atoms with Crippen molar-refractivity contribution in [3.05, 3.63) is 70.6 Å². The number of hydrogen-bond acceptors (Lipinski definition) is 4. The Morgan fingerprint density at radius 1 is 1.11 bits per heavy atom. The molecule has 0 spiro atoms. The number of amides is 1. The summed E-state index contributed by atoms with van der Waals surface area (Å²) in [6, 6.07) is 13.0. The molecule has 2 aromatic rings. The maximum Gasteiger partial charge on any atom is 0.258 e. The van der Waals surface area contributed by atoms with Gasteiger partial charge in [0.15, 0.2) is 9.84 Å². The molecule has 0 unspecified atom stereocenters. The largest absolute Gasteiger partial charge is 0.491 e. The van der Waals surface area contributed by atoms with Crippen molar-refractivity contribution in [2.24, 2.45) is 0 Å². The molecule has 27 heavy (non-hydrogen) atoms. The maximum absolute atomic E-state index is 13.2. The van der Waals surface area contributed by atoms with Gasteiger partial charge >= 0.3 is 0 Å². The van der Waals surface area contributed by atoms with Gasteiger partial charge in [0, 0.05) is 21.7 Å². The lowest BCUT2D eigenvalue weighted by atomic mass is 10.1. The first-order chi connectivity index (χ1) is 12.7. The SMILES string of the molecule is CC(C)Oc1ccc(C(=O)N(c2ccc(Cl)cc2)[C@H]2C=CS(=O)(=O)C2)cc1. The molecule has 2 aromatic carbocycles. The van der Waals surface area contributed by atoms with Crippen LogP contribution in [-0.4, -0.2) is 32.2 Å². The van der Waals surface area contributed by atoms with Crippen LogP contribution in [0.15, 0.2) is 60.0 Å². The van der Waals surface area contributed by atoms with Crippen LogP contribution < -0.4 is 9.64 Å². The molecule has 1 heterocycles. The summed E-state index contributed by atoms with van der Waals surface area (Å²) in [6.07, 6.45) is 1.57. The van der Waals surface area contributed by atoms with Gasteiger partial charge in [0.2, 0.25) is 0 Å². The molecule has 7 heteroatoms. The number of halogens is 1. The predicted molar refractivity (Wildman–Crippen MR) is 107 cm³/mol. The van der Waals surface area contributed by atoms with Crippen molar-refractivity contribution in [2.75, 3.05) is 10.7 Å². The average Bonchev–Trinajstić information content (AvgIpc) is 2.96. The minimum absolute atomic E-state index is 0.0333. The molecule has 1 amide bonds. The number of ether oxygens (including phenoxy) is 1. The highest BCUT2D eigenvalue weighted by Gasteiger charge is 2.32. The number of anilines is 1. The van der Waals surface area contributed by atoms with Crippen LogP contribution in [-0.2, 0) is 9.84 Å². The van der Waals surface area contributed by atoms with Crippen molar-refractivity contribution in [3.63, 3.8) is 0 Å². The van der Waals surface area contributed by atoms with Gasteiger partial charge in [-0.3, -0.25) is 4.79 Å². The quantitative estimate of drug-likeness (QED) is 0.751. The van der Waals surface area contributed by atoms with Crippen LogP contribution in [0.2, 0.25) is 5.02 Å². The first-order valence-corrected chi connectivity index (χ1v) is 10.6. The van der Waals surface area contributed by atoms with Gasteiger partial charge in [0.25, 0.3) is 5.91 Å². The minimum Gasteiger partial charge on any atom is -0.491 e. The van der Waals surface area contributed by atoms with Gasteiger partial charge in [-0.15, -0.1) is 0 Å². The third kappa shape index (κ3) is 4.70. The number of carbonyl (C=O) groups excluding carboxylic acids is 1. The topological polar surface area (TPSA) is 63.7 Å². The molecule has 0 bridgehead atoms. The zero-order valence-electron chi connectivity index (χ0n) is 15.0. The first kappa shape index (κ1) is 19.5. The second kappa shape index (κ2) is 7.74. The molecule has 3 rings (SSSR count). The van der Waals surface area contributed by atoms with E-state index in [-0.39, 0.29) is 17.8 Å². The Bertz CT molecular complexity index is 950. The highest BCUT2D eigenvalue weighted by Crippen LogP contribution is 2.27. The smallest absolute Gasteiger partial charge is 0.258 e. The van der Waals surface area contributed by atoms with Gasteiger partial charge in [-0.1, -0.05) is 11.6 Å². The van der Waals surface area contributed by atoms with E-state index in [9.17, 15) is 13.2 Å². The van der Waals surface area contributed by atoms with Crippen LogP contribution in [0.3, 0.4) is 0 Å². The average molecular weight is 406 g/mol. The van der Waals surface area contributed by atoms with E-state index in [0.717, 1.165) is 5.41 Å². The zero-order chi connectivity index (χ0) is 19.6. The fraction of sp³-hybridized carbons (Fsp3) is 0.250. The molecule has 0 N–H and O–H groups in total. The maximum atomic E-state index is 13.2. The van der Waals surface area contributed by atoms with E-state index in [0.29, 0.717) is 22.0 Å². The van der Waals surface area contributed by atoms with Crippen LogP contribution in [0.4, 0.5) is 5.69 Å². The highest BCUT2D eigenvalue weighted by atomic mass is 35.5. The third-order valence-corrected chi connectivity index (χ3v) is 5.67. The van der Waals surface area contributed by atoms with Gasteiger partial charge in [-0.05, 0) is 68.5 Å². The van der Waals surface area contributed by atoms with E-state index >= 15 is 0 Å². The second-order valence-electron chi connectivity index (χ2n) is 6.57. The summed E-state index contributed by atoms with van der Waals surface area (Å²) in [7, 11) is -3.31. The lowest BCUT2D eigenvalue weighted by Gasteiger charge is -2.28. The highest BCUT2D eigenvalue weighted by molar-refractivity contribution is 7.94. The number of carbonyl (C=O) groups is 1. The summed E-state index contributed by atoms with van der Waals surface area (Å²) in [5, 5.41) is 1.70. The Morgan fingerprint density at radius 3 is 2.26 bits per heavy atom. The monoisotopic (exact) mass is 405 g/mol. The molecule has 5 nitrogen and oxygen atoms in total. The second-order valence-corrected chi connectivity index (χ2v) is 8.94. The summed E-state index contributed by atoms with van der Waals surface area (Å²) in [6.45, 7) is 3.85. The van der Waals surface area contributed by atoms with Crippen molar-refractivity contribution in [1.29, 1.82) is 0 Å². The number of sulfone groups is 1. The van der Waals surface area contributed by atoms with Crippen molar-refractivity contribution >= 4 is 33.0 Å². The van der Waals surface area contributed by atoms with Gasteiger partial charge in [0.05, 0.1) is 17.9 Å². The molecule has 142 valence electrons. The van der Waals surface area contributed by atoms with E-state index in [4.69, 9.17) is 16.3 Å². The van der Waals surface area contributed by atoms with Crippen molar-refractivity contribution in [2.45, 2.75) is 26.0 Å². The molecule has 1 aliphatic heterocycles. The van der Waals surface area contributed by atoms with Crippen LogP contribution in [0.25, 0.3) is 0 Å². The summed E-state index contributed by atoms with van der Waals surface area (Å²) in [5.74, 6) is 0.235. The summed E-state index contributed by atoms with van der Waals surface area (Å²) in [5.41, 5.74) is 1.03. The molecule has 0 aromatic heterocycles. The molecule has 0 fully saturated rings. The first-order valence-electron chi connectivity index (χ1n) is 8.52. The Labute approximate surface area is 164 Å². The van der Waals surface area contributed by atoms with Crippen LogP contribution in [0.5, 0.6) is 5.75 Å². The molecular formula is C20H20ClNO4S. The molecule has 1 atom stereocenters. The summed E-state index contributed by atoms with van der Waals surface area (Å²) < 4.78 is 29.4. The van der Waals surface area contributed by atoms with E-state index in [1.54, 1.807) is 48.5 Å². The van der Waals surface area contributed by atoms with E-state index in [2.05, 4.69) is 0 Å². The van der Waals surface area contributed by atoms with Crippen LogP contribution in [0.1, 0.15) is 24.2 Å². The van der Waals surface area contributed by atoms with Gasteiger partial charge < -0.3 is 9.64 Å². The number of nitrogens with zero attached hydrogens (tertiary/aromatic N) is 1. The molecule has 1 aliphatic rings. The third-order valence-electron chi connectivity index (χ3n) is 4.04. The molecule has 0 aliphatic carbocycles. The lowest BCUT2D eigenvalue weighted by Crippen LogP contribution is -2.41. The van der Waals surface area contributed by atoms with Crippen molar-refractivity contribution < 1.29 is 17.9 Å². The zero-order valence-corrected chi connectivity index (χ0v) is 16.6. The Balaban J connectivity index is 1.93. The molecule has 0 radical (unpaired) electrons. The lowest BCUT2D eigenvalue weighted by molar-refractivity contribution is 0.0983. The van der Waals surface area contributed by atoms with E-state index in [1.165, 1.54) is 11.0 Å². The summed E-state index contributed by atoms with van der Waals surface area (Å²) >= 11 is 5.95. The Kier molecular flexibility index (Phi) is 5.58. The Morgan fingerprint density at radius 2 is 1.74 bits per heavy atom. The molecule has 0 saturated heterocycles. The normalized spacial score (nSPS) is 17.9. The number of benzene rings is 2. The minimum atomic E-state index is -3.31. The van der Waals surface area contributed by atoms with Crippen LogP contribution in [0, 0.1) is 0 Å². The molecule has 0 saturated carbocycles. The van der Waals surface area contributed by atoms with E-state index in [1.807, 2.05) is 13.8 Å². The standard InChI is InChI=1S/C20H20ClNO4S/c1-14(2)26-19-9-3-15(4-10-19)20(23)22(17-7-5-16(21)6-8-17)18-11-12-27(24,25)13-18/h3-12,14,18H,13H2,1-2H3/t18-/m0/s1. The van der Waals surface area contributed by atoms with Gasteiger partial charge in [-0.25, -0.2) is 8.42 Å². The van der Waals surface area contributed by atoms with Crippen LogP contribution >= 0.6 is 11.6 Å². The van der Waals surface area contributed by atoms with Gasteiger partial charge in [-0.2, -0.15) is 0 Å². The van der Waals surface area contributed by atoms with E-state index < -0.39 is 15.9 Å². The van der Waals surface area contributed by atoms with Crippen molar-refractivity contribution in [1.82, 2.24) is 0 Å². The Hall–Kier alpha value is -2.31. The number of hydrogen-bond donors (Lipinski definition) is 0. The number of rotatable bonds is 5. The fourth-order valence-electron chi connectivity index (χ4n) is 2.87.